The number of nitrogens with zero attached hydrogens (tertiary/aromatic N) is 2. The van der Waals surface area contributed by atoms with Crippen molar-refractivity contribution in [3.05, 3.63) is 29.1 Å². The minimum atomic E-state index is -0.591. The predicted molar refractivity (Wildman–Crippen MR) is 108 cm³/mol. The van der Waals surface area contributed by atoms with Crippen molar-refractivity contribution >= 4 is 23.8 Å². The van der Waals surface area contributed by atoms with Crippen LogP contribution in [0.3, 0.4) is 0 Å². The second-order valence-electron chi connectivity index (χ2n) is 8.47. The zero-order valence-electron chi connectivity index (χ0n) is 17.6. The van der Waals surface area contributed by atoms with Gasteiger partial charge >= 0.3 is 12.2 Å². The SMILES string of the molecule is CC(C)(C)OC(=O)N1CCc2c(ccc(NC(=O)CCCN3CCOC3=O)c2F)C1. The third-order valence-corrected chi connectivity index (χ3v) is 4.94. The van der Waals surface area contributed by atoms with Crippen molar-refractivity contribution in [3.63, 3.8) is 0 Å². The van der Waals surface area contributed by atoms with E-state index < -0.39 is 17.5 Å². The van der Waals surface area contributed by atoms with E-state index >= 15 is 0 Å². The third kappa shape index (κ3) is 5.40. The van der Waals surface area contributed by atoms with Gasteiger partial charge in [0.2, 0.25) is 5.91 Å². The Labute approximate surface area is 175 Å². The van der Waals surface area contributed by atoms with Gasteiger partial charge in [-0.25, -0.2) is 14.0 Å². The number of amides is 3. The molecule has 8 nitrogen and oxygen atoms in total. The average Bonchev–Trinajstić information content (AvgIpc) is 3.07. The van der Waals surface area contributed by atoms with Crippen LogP contribution < -0.4 is 5.32 Å². The molecular formula is C21H28FN3O5. The number of nitrogens with one attached hydrogen (secondary N) is 1. The first-order chi connectivity index (χ1) is 14.1. The second kappa shape index (κ2) is 8.89. The van der Waals surface area contributed by atoms with Crippen molar-refractivity contribution in [2.45, 2.75) is 52.2 Å². The number of fused-ring (bicyclic) bond motifs is 1. The lowest BCUT2D eigenvalue weighted by Crippen LogP contribution is -2.40. The van der Waals surface area contributed by atoms with Crippen molar-refractivity contribution in [3.8, 4) is 0 Å². The van der Waals surface area contributed by atoms with Crippen molar-refractivity contribution in [2.75, 3.05) is 31.6 Å². The second-order valence-corrected chi connectivity index (χ2v) is 8.47. The molecule has 30 heavy (non-hydrogen) atoms. The molecule has 3 rings (SSSR count). The van der Waals surface area contributed by atoms with E-state index in [-0.39, 0.29) is 30.7 Å². The van der Waals surface area contributed by atoms with Crippen LogP contribution in [-0.4, -0.2) is 59.7 Å². The van der Waals surface area contributed by atoms with Crippen LogP contribution in [0, 0.1) is 5.82 Å². The van der Waals surface area contributed by atoms with E-state index in [1.54, 1.807) is 36.6 Å². The van der Waals surface area contributed by atoms with E-state index in [4.69, 9.17) is 9.47 Å². The number of hydrogen-bond acceptors (Lipinski definition) is 5. The highest BCUT2D eigenvalue weighted by atomic mass is 19.1. The number of rotatable bonds is 5. The maximum Gasteiger partial charge on any atom is 0.410 e. The van der Waals surface area contributed by atoms with Crippen molar-refractivity contribution in [2.24, 2.45) is 0 Å². The van der Waals surface area contributed by atoms with E-state index in [0.29, 0.717) is 50.2 Å². The smallest absolute Gasteiger partial charge is 0.410 e. The molecule has 0 aromatic heterocycles. The number of halogens is 1. The molecule has 3 amide bonds. The van der Waals surface area contributed by atoms with Crippen LogP contribution in [0.15, 0.2) is 12.1 Å². The van der Waals surface area contributed by atoms with Crippen LogP contribution in [0.5, 0.6) is 0 Å². The van der Waals surface area contributed by atoms with E-state index in [1.807, 2.05) is 0 Å². The van der Waals surface area contributed by atoms with Gasteiger partial charge in [0.1, 0.15) is 18.0 Å². The molecule has 2 aliphatic rings. The molecule has 164 valence electrons. The molecule has 0 atom stereocenters. The van der Waals surface area contributed by atoms with Crippen LogP contribution >= 0.6 is 0 Å². The molecule has 0 saturated carbocycles. The number of anilines is 1. The number of benzene rings is 1. The molecule has 1 saturated heterocycles. The number of carbonyl (C=O) groups is 3. The van der Waals surface area contributed by atoms with Gasteiger partial charge < -0.3 is 24.6 Å². The molecule has 1 fully saturated rings. The Bertz CT molecular complexity index is 837. The van der Waals surface area contributed by atoms with Gasteiger partial charge in [0, 0.05) is 26.1 Å². The average molecular weight is 421 g/mol. The summed E-state index contributed by atoms with van der Waals surface area (Å²) in [5, 5.41) is 2.61. The summed E-state index contributed by atoms with van der Waals surface area (Å²) in [5.74, 6) is -0.777. The topological polar surface area (TPSA) is 88.2 Å². The number of hydrogen-bond donors (Lipinski definition) is 1. The standard InChI is InChI=1S/C21H28FN3O5/c1-21(2,3)30-20(28)25-10-8-15-14(13-25)6-7-16(18(15)22)23-17(26)5-4-9-24-11-12-29-19(24)27/h6-7H,4-5,8-13H2,1-3H3,(H,23,26). The Hall–Kier alpha value is -2.84. The van der Waals surface area contributed by atoms with Crippen LogP contribution in [-0.2, 0) is 27.2 Å². The molecule has 0 aliphatic carbocycles. The molecule has 0 bridgehead atoms. The largest absolute Gasteiger partial charge is 0.448 e. The Morgan fingerprint density at radius 3 is 2.70 bits per heavy atom. The monoisotopic (exact) mass is 421 g/mol. The fourth-order valence-electron chi connectivity index (χ4n) is 3.46. The highest BCUT2D eigenvalue weighted by Crippen LogP contribution is 2.28. The highest BCUT2D eigenvalue weighted by molar-refractivity contribution is 5.91. The summed E-state index contributed by atoms with van der Waals surface area (Å²) < 4.78 is 25.1. The Kier molecular flexibility index (Phi) is 6.48. The fraction of sp³-hybridized carbons (Fsp3) is 0.571. The molecule has 2 heterocycles. The Morgan fingerprint density at radius 2 is 2.03 bits per heavy atom. The summed E-state index contributed by atoms with van der Waals surface area (Å²) in [5.41, 5.74) is 0.749. The summed E-state index contributed by atoms with van der Waals surface area (Å²) in [6.07, 6.45) is 0.205. The first-order valence-corrected chi connectivity index (χ1v) is 10.1. The summed E-state index contributed by atoms with van der Waals surface area (Å²) in [6, 6.07) is 3.24. The van der Waals surface area contributed by atoms with Gasteiger partial charge in [0.15, 0.2) is 0 Å². The molecule has 1 aromatic rings. The van der Waals surface area contributed by atoms with Gasteiger partial charge in [-0.05, 0) is 50.8 Å². The fourth-order valence-corrected chi connectivity index (χ4v) is 3.46. The molecule has 0 radical (unpaired) electrons. The minimum Gasteiger partial charge on any atom is -0.448 e. The maximum atomic E-state index is 14.9. The Morgan fingerprint density at radius 1 is 1.27 bits per heavy atom. The van der Waals surface area contributed by atoms with Gasteiger partial charge in [0.05, 0.1) is 12.2 Å². The lowest BCUT2D eigenvalue weighted by molar-refractivity contribution is -0.116. The number of carbonyl (C=O) groups excluding carboxylic acids is 3. The number of cyclic esters (lactones) is 1. The molecule has 9 heteroatoms. The van der Waals surface area contributed by atoms with Crippen LogP contribution in [0.1, 0.15) is 44.7 Å². The number of ether oxygens (including phenoxy) is 2. The van der Waals surface area contributed by atoms with E-state index in [9.17, 15) is 18.8 Å². The first-order valence-electron chi connectivity index (χ1n) is 10.1. The normalized spacial score (nSPS) is 16.2. The Balaban J connectivity index is 1.55. The van der Waals surface area contributed by atoms with E-state index in [1.165, 1.54) is 6.07 Å². The molecular weight excluding hydrogens is 393 g/mol. The first kappa shape index (κ1) is 21.9. The van der Waals surface area contributed by atoms with Crippen molar-refractivity contribution in [1.29, 1.82) is 0 Å². The summed E-state index contributed by atoms with van der Waals surface area (Å²) in [7, 11) is 0. The van der Waals surface area contributed by atoms with Crippen molar-refractivity contribution in [1.82, 2.24) is 9.80 Å². The lowest BCUT2D eigenvalue weighted by Gasteiger charge is -2.31. The zero-order valence-corrected chi connectivity index (χ0v) is 17.6. The van der Waals surface area contributed by atoms with Crippen LogP contribution in [0.4, 0.5) is 19.7 Å². The van der Waals surface area contributed by atoms with Crippen molar-refractivity contribution < 1.29 is 28.2 Å². The maximum absolute atomic E-state index is 14.9. The third-order valence-electron chi connectivity index (χ3n) is 4.94. The van der Waals surface area contributed by atoms with Gasteiger partial charge in [-0.1, -0.05) is 6.07 Å². The molecule has 2 aliphatic heterocycles. The van der Waals surface area contributed by atoms with Gasteiger partial charge in [0.25, 0.3) is 0 Å². The highest BCUT2D eigenvalue weighted by Gasteiger charge is 2.28. The van der Waals surface area contributed by atoms with E-state index in [0.717, 1.165) is 0 Å². The molecule has 0 unspecified atom stereocenters. The van der Waals surface area contributed by atoms with Crippen LogP contribution in [0.2, 0.25) is 0 Å². The van der Waals surface area contributed by atoms with Gasteiger partial charge in [-0.2, -0.15) is 0 Å². The van der Waals surface area contributed by atoms with E-state index in [2.05, 4.69) is 5.32 Å². The minimum absolute atomic E-state index is 0.130. The lowest BCUT2D eigenvalue weighted by atomic mass is 9.98. The molecule has 1 aromatic carbocycles. The van der Waals surface area contributed by atoms with Gasteiger partial charge in [-0.3, -0.25) is 4.79 Å². The molecule has 1 N–H and O–H groups in total. The van der Waals surface area contributed by atoms with Gasteiger partial charge in [-0.15, -0.1) is 0 Å². The predicted octanol–water partition coefficient (Wildman–Crippen LogP) is 3.29. The van der Waals surface area contributed by atoms with Crippen LogP contribution in [0.25, 0.3) is 0 Å². The summed E-state index contributed by atoms with van der Waals surface area (Å²) in [4.78, 5) is 38.9. The summed E-state index contributed by atoms with van der Waals surface area (Å²) >= 11 is 0. The summed E-state index contributed by atoms with van der Waals surface area (Å²) in [6.45, 7) is 7.34. The zero-order chi connectivity index (χ0) is 21.9. The quantitative estimate of drug-likeness (QED) is 0.788. The molecule has 0 spiro atoms.